The van der Waals surface area contributed by atoms with Crippen LogP contribution in [0.4, 0.5) is 0 Å². The summed E-state index contributed by atoms with van der Waals surface area (Å²) in [6.45, 7) is 0.273. The first-order valence-electron chi connectivity index (χ1n) is 7.77. The number of aromatic nitrogens is 2. The molecule has 0 saturated heterocycles. The second-order valence-electron chi connectivity index (χ2n) is 5.44. The van der Waals surface area contributed by atoms with E-state index in [1.165, 1.54) is 21.3 Å². The molecule has 136 valence electrons. The second-order valence-corrected chi connectivity index (χ2v) is 5.88. The molecule has 3 aromatic rings. The van der Waals surface area contributed by atoms with Gasteiger partial charge in [0.1, 0.15) is 5.65 Å². The molecule has 0 unspecified atom stereocenters. The summed E-state index contributed by atoms with van der Waals surface area (Å²) in [5.41, 5.74) is 1.87. The number of hydrogen-bond acceptors (Lipinski definition) is 5. The van der Waals surface area contributed by atoms with Gasteiger partial charge in [0, 0.05) is 18.0 Å². The summed E-state index contributed by atoms with van der Waals surface area (Å²) in [6, 6.07) is 6.77. The number of ether oxygens (including phenoxy) is 3. The highest BCUT2D eigenvalue weighted by Gasteiger charge is 2.17. The van der Waals surface area contributed by atoms with Gasteiger partial charge in [0.25, 0.3) is 5.91 Å². The van der Waals surface area contributed by atoms with E-state index in [1.807, 2.05) is 16.7 Å². The fraction of sp³-hybridized carbons (Fsp3) is 0.222. The lowest BCUT2D eigenvalue weighted by atomic mass is 10.1. The van der Waals surface area contributed by atoms with Crippen molar-refractivity contribution in [1.82, 2.24) is 14.7 Å². The Balaban J connectivity index is 1.78. The van der Waals surface area contributed by atoms with Crippen LogP contribution in [0.5, 0.6) is 17.2 Å². The summed E-state index contributed by atoms with van der Waals surface area (Å²) >= 11 is 5.97. The smallest absolute Gasteiger partial charge is 0.251 e. The SMILES string of the molecule is COc1cc(C(=O)NCc2cn3cc(Cl)ccc3n2)cc(OC)c1OC. The molecule has 7 nitrogen and oxygen atoms in total. The van der Waals surface area contributed by atoms with E-state index in [2.05, 4.69) is 10.3 Å². The predicted molar refractivity (Wildman–Crippen MR) is 97.5 cm³/mol. The number of amides is 1. The number of nitrogens with one attached hydrogen (secondary N) is 1. The second kappa shape index (κ2) is 7.53. The number of pyridine rings is 1. The number of benzene rings is 1. The Morgan fingerprint density at radius 3 is 2.42 bits per heavy atom. The van der Waals surface area contributed by atoms with Crippen molar-refractivity contribution in [2.75, 3.05) is 21.3 Å². The molecule has 1 N–H and O–H groups in total. The highest BCUT2D eigenvalue weighted by atomic mass is 35.5. The summed E-state index contributed by atoms with van der Waals surface area (Å²) < 4.78 is 17.6. The van der Waals surface area contributed by atoms with Crippen LogP contribution in [-0.2, 0) is 6.54 Å². The molecule has 8 heteroatoms. The quantitative estimate of drug-likeness (QED) is 0.717. The highest BCUT2D eigenvalue weighted by Crippen LogP contribution is 2.38. The molecule has 26 heavy (non-hydrogen) atoms. The summed E-state index contributed by atoms with van der Waals surface area (Å²) in [7, 11) is 4.51. The van der Waals surface area contributed by atoms with Crippen LogP contribution in [0.15, 0.2) is 36.7 Å². The van der Waals surface area contributed by atoms with Gasteiger partial charge in [0.05, 0.1) is 38.6 Å². The average Bonchev–Trinajstić information content (AvgIpc) is 3.06. The Bertz CT molecular complexity index is 930. The lowest BCUT2D eigenvalue weighted by Crippen LogP contribution is -2.23. The van der Waals surface area contributed by atoms with Gasteiger partial charge >= 0.3 is 0 Å². The van der Waals surface area contributed by atoms with Crippen LogP contribution in [0.3, 0.4) is 0 Å². The van der Waals surface area contributed by atoms with E-state index >= 15 is 0 Å². The number of halogens is 1. The normalized spacial score (nSPS) is 10.6. The largest absolute Gasteiger partial charge is 0.493 e. The number of carbonyl (C=O) groups excluding carboxylic acids is 1. The first-order valence-corrected chi connectivity index (χ1v) is 8.15. The molecule has 0 saturated carbocycles. The summed E-state index contributed by atoms with van der Waals surface area (Å²) in [4.78, 5) is 16.9. The number of hydrogen-bond donors (Lipinski definition) is 1. The minimum Gasteiger partial charge on any atom is -0.493 e. The Labute approximate surface area is 155 Å². The molecule has 0 aliphatic rings. The van der Waals surface area contributed by atoms with Gasteiger partial charge < -0.3 is 23.9 Å². The number of fused-ring (bicyclic) bond motifs is 1. The molecule has 1 aromatic carbocycles. The maximum absolute atomic E-state index is 12.5. The zero-order valence-corrected chi connectivity index (χ0v) is 15.3. The highest BCUT2D eigenvalue weighted by molar-refractivity contribution is 6.30. The van der Waals surface area contributed by atoms with Gasteiger partial charge in [-0.2, -0.15) is 0 Å². The molecule has 0 radical (unpaired) electrons. The van der Waals surface area contributed by atoms with Gasteiger partial charge in [-0.1, -0.05) is 11.6 Å². The molecular formula is C18H18ClN3O4. The lowest BCUT2D eigenvalue weighted by molar-refractivity contribution is 0.0949. The lowest BCUT2D eigenvalue weighted by Gasteiger charge is -2.13. The molecule has 1 amide bonds. The molecule has 2 heterocycles. The van der Waals surface area contributed by atoms with Crippen molar-refractivity contribution in [3.05, 3.63) is 52.9 Å². The topological polar surface area (TPSA) is 74.1 Å². The van der Waals surface area contributed by atoms with Crippen molar-refractivity contribution >= 4 is 23.2 Å². The first-order chi connectivity index (χ1) is 12.5. The van der Waals surface area contributed by atoms with Crippen molar-refractivity contribution in [2.24, 2.45) is 0 Å². The Morgan fingerprint density at radius 2 is 1.81 bits per heavy atom. The third-order valence-corrected chi connectivity index (χ3v) is 4.05. The molecule has 0 aliphatic heterocycles. The molecule has 3 rings (SSSR count). The fourth-order valence-corrected chi connectivity index (χ4v) is 2.76. The standard InChI is InChI=1S/C18H18ClN3O4/c1-24-14-6-11(7-15(25-2)17(14)26-3)18(23)20-8-13-10-22-9-12(19)4-5-16(22)21-13/h4-7,9-10H,8H2,1-3H3,(H,20,23). The van der Waals surface area contributed by atoms with Gasteiger partial charge in [-0.05, 0) is 24.3 Å². The Kier molecular flexibility index (Phi) is 5.18. The summed E-state index contributed by atoms with van der Waals surface area (Å²) in [6.07, 6.45) is 3.57. The van der Waals surface area contributed by atoms with Crippen LogP contribution in [0.25, 0.3) is 5.65 Å². The van der Waals surface area contributed by atoms with Crippen molar-refractivity contribution < 1.29 is 19.0 Å². The maximum Gasteiger partial charge on any atom is 0.251 e. The minimum atomic E-state index is -0.278. The van der Waals surface area contributed by atoms with Gasteiger partial charge in [-0.25, -0.2) is 4.98 Å². The van der Waals surface area contributed by atoms with E-state index < -0.39 is 0 Å². The minimum absolute atomic E-state index is 0.273. The Hall–Kier alpha value is -2.93. The van der Waals surface area contributed by atoms with Gasteiger partial charge in [0.2, 0.25) is 5.75 Å². The van der Waals surface area contributed by atoms with Crippen LogP contribution in [0.2, 0.25) is 5.02 Å². The maximum atomic E-state index is 12.5. The van der Waals surface area contributed by atoms with Crippen LogP contribution in [-0.4, -0.2) is 36.6 Å². The van der Waals surface area contributed by atoms with Crippen LogP contribution >= 0.6 is 11.6 Å². The van der Waals surface area contributed by atoms with Crippen molar-refractivity contribution in [1.29, 1.82) is 0 Å². The van der Waals surface area contributed by atoms with E-state index in [9.17, 15) is 4.79 Å². The predicted octanol–water partition coefficient (Wildman–Crippen LogP) is 2.94. The van der Waals surface area contributed by atoms with Crippen molar-refractivity contribution in [3.8, 4) is 17.2 Å². The third kappa shape index (κ3) is 3.52. The van der Waals surface area contributed by atoms with E-state index in [0.29, 0.717) is 33.5 Å². The number of rotatable bonds is 6. The number of nitrogens with zero attached hydrogens (tertiary/aromatic N) is 2. The van der Waals surface area contributed by atoms with E-state index in [-0.39, 0.29) is 12.5 Å². The zero-order chi connectivity index (χ0) is 18.7. The van der Waals surface area contributed by atoms with Crippen LogP contribution in [0, 0.1) is 0 Å². The number of imidazole rings is 1. The first kappa shape index (κ1) is 17.9. The van der Waals surface area contributed by atoms with Crippen LogP contribution < -0.4 is 19.5 Å². The monoisotopic (exact) mass is 375 g/mol. The van der Waals surface area contributed by atoms with Crippen LogP contribution in [0.1, 0.15) is 16.1 Å². The molecule has 0 spiro atoms. The number of methoxy groups -OCH3 is 3. The molecular weight excluding hydrogens is 358 g/mol. The fourth-order valence-electron chi connectivity index (χ4n) is 2.59. The van der Waals surface area contributed by atoms with Gasteiger partial charge in [0.15, 0.2) is 11.5 Å². The van der Waals surface area contributed by atoms with Crippen molar-refractivity contribution in [2.45, 2.75) is 6.54 Å². The van der Waals surface area contributed by atoms with E-state index in [1.54, 1.807) is 24.4 Å². The van der Waals surface area contributed by atoms with Gasteiger partial charge in [-0.15, -0.1) is 0 Å². The van der Waals surface area contributed by atoms with E-state index in [4.69, 9.17) is 25.8 Å². The average molecular weight is 376 g/mol. The van der Waals surface area contributed by atoms with Crippen molar-refractivity contribution in [3.63, 3.8) is 0 Å². The zero-order valence-electron chi connectivity index (χ0n) is 14.6. The summed E-state index contributed by atoms with van der Waals surface area (Å²) in [5.74, 6) is 0.988. The van der Waals surface area contributed by atoms with Gasteiger partial charge in [-0.3, -0.25) is 4.79 Å². The summed E-state index contributed by atoms with van der Waals surface area (Å²) in [5, 5.41) is 3.45. The molecule has 0 atom stereocenters. The third-order valence-electron chi connectivity index (χ3n) is 3.82. The molecule has 0 aliphatic carbocycles. The molecule has 2 aromatic heterocycles. The molecule has 0 fully saturated rings. The molecule has 0 bridgehead atoms. The number of carbonyl (C=O) groups is 1. The Morgan fingerprint density at radius 1 is 1.12 bits per heavy atom. The van der Waals surface area contributed by atoms with E-state index in [0.717, 1.165) is 5.65 Å².